The average molecular weight is 491 g/mol. The number of halogens is 2. The number of aryl methyl sites for hydroxylation is 1. The van der Waals surface area contributed by atoms with E-state index in [2.05, 4.69) is 20.3 Å². The third-order valence-electron chi connectivity index (χ3n) is 5.29. The topological polar surface area (TPSA) is 86.9 Å². The molecule has 0 amide bonds. The summed E-state index contributed by atoms with van der Waals surface area (Å²) in [5, 5.41) is 3.82. The van der Waals surface area contributed by atoms with Gasteiger partial charge in [0, 0.05) is 23.0 Å². The number of ether oxygens (including phenoxy) is 1. The number of pyridine rings is 1. The lowest BCUT2D eigenvalue weighted by molar-refractivity contribution is 0.449. The molecule has 0 atom stereocenters. The molecule has 2 aromatic carbocycles. The highest BCUT2D eigenvalue weighted by molar-refractivity contribution is 6.30. The Morgan fingerprint density at radius 1 is 1.00 bits per heavy atom. The van der Waals surface area contributed by atoms with Gasteiger partial charge >= 0.3 is 5.56 Å². The first-order chi connectivity index (χ1) is 17.1. The Balaban J connectivity index is 1.49. The minimum absolute atomic E-state index is 0.0267. The van der Waals surface area contributed by atoms with Crippen molar-refractivity contribution in [3.05, 3.63) is 100 Å². The molecular weight excluding hydrogens is 471 g/mol. The third kappa shape index (κ3) is 4.99. The van der Waals surface area contributed by atoms with E-state index >= 15 is 0 Å². The first-order valence-electron chi connectivity index (χ1n) is 10.8. The smallest absolute Gasteiger partial charge is 0.300 e. The van der Waals surface area contributed by atoms with Crippen molar-refractivity contribution < 1.29 is 9.13 Å². The number of fused-ring (bicyclic) bond motifs is 1. The molecule has 8 nitrogen and oxygen atoms in total. The number of hydrogen-bond acceptors (Lipinski definition) is 6. The van der Waals surface area contributed by atoms with Crippen molar-refractivity contribution in [3.63, 3.8) is 0 Å². The molecule has 0 saturated carbocycles. The van der Waals surface area contributed by atoms with E-state index in [1.165, 1.54) is 10.9 Å². The molecule has 176 valence electrons. The fourth-order valence-electron chi connectivity index (χ4n) is 3.64. The minimum atomic E-state index is -0.616. The fraction of sp³-hybridized carbons (Fsp3) is 0.120. The van der Waals surface area contributed by atoms with Crippen LogP contribution in [0.5, 0.6) is 11.6 Å². The van der Waals surface area contributed by atoms with E-state index in [0.29, 0.717) is 40.5 Å². The maximum Gasteiger partial charge on any atom is 0.300 e. The van der Waals surface area contributed by atoms with Crippen molar-refractivity contribution in [1.29, 1.82) is 0 Å². The van der Waals surface area contributed by atoms with Gasteiger partial charge in [0.1, 0.15) is 12.4 Å². The zero-order valence-electron chi connectivity index (χ0n) is 18.4. The molecular formula is C25H20ClFN6O2. The highest BCUT2D eigenvalue weighted by Gasteiger charge is 2.17. The van der Waals surface area contributed by atoms with Crippen molar-refractivity contribution in [1.82, 2.24) is 24.1 Å². The van der Waals surface area contributed by atoms with Crippen LogP contribution in [0.1, 0.15) is 5.56 Å². The number of nitrogens with one attached hydrogen (secondary N) is 1. The Labute approximate surface area is 204 Å². The molecule has 3 aromatic heterocycles. The molecule has 0 fully saturated rings. The Hall–Kier alpha value is -4.24. The molecule has 0 saturated heterocycles. The molecule has 0 aliphatic rings. The predicted octanol–water partition coefficient (Wildman–Crippen LogP) is 5.20. The van der Waals surface area contributed by atoms with Crippen LogP contribution in [0.15, 0.2) is 84.0 Å². The SMILES string of the molecule is O=c1nc(Nc2ccc(Oc3ccccn3)cc2)n(Cc2ccc(Cl)cc2)c2ncn(CCF)c12. The lowest BCUT2D eigenvalue weighted by Crippen LogP contribution is -2.20. The maximum absolute atomic E-state index is 13.0. The number of hydrogen-bond donors (Lipinski definition) is 1. The molecule has 10 heteroatoms. The van der Waals surface area contributed by atoms with Gasteiger partial charge in [-0.1, -0.05) is 29.8 Å². The quantitative estimate of drug-likeness (QED) is 0.322. The molecule has 0 spiro atoms. The summed E-state index contributed by atoms with van der Waals surface area (Å²) >= 11 is 6.03. The van der Waals surface area contributed by atoms with Crippen LogP contribution >= 0.6 is 11.6 Å². The summed E-state index contributed by atoms with van der Waals surface area (Å²) in [5.74, 6) is 1.41. The molecule has 0 unspecified atom stereocenters. The Morgan fingerprint density at radius 2 is 1.80 bits per heavy atom. The molecule has 0 radical (unpaired) electrons. The summed E-state index contributed by atoms with van der Waals surface area (Å²) in [6.07, 6.45) is 3.11. The summed E-state index contributed by atoms with van der Waals surface area (Å²) in [7, 11) is 0. The summed E-state index contributed by atoms with van der Waals surface area (Å²) in [4.78, 5) is 25.7. The van der Waals surface area contributed by atoms with Crippen LogP contribution in [-0.4, -0.2) is 30.8 Å². The number of alkyl halides is 1. The minimum Gasteiger partial charge on any atom is -0.439 e. The van der Waals surface area contributed by atoms with Gasteiger partial charge in [-0.25, -0.2) is 14.4 Å². The van der Waals surface area contributed by atoms with Gasteiger partial charge in [-0.3, -0.25) is 9.36 Å². The van der Waals surface area contributed by atoms with Gasteiger partial charge in [-0.05, 0) is 48.0 Å². The van der Waals surface area contributed by atoms with Gasteiger partial charge in [0.25, 0.3) is 0 Å². The summed E-state index contributed by atoms with van der Waals surface area (Å²) in [6, 6.07) is 20.0. The Bertz CT molecular complexity index is 1500. The van der Waals surface area contributed by atoms with Crippen LogP contribution in [-0.2, 0) is 13.1 Å². The van der Waals surface area contributed by atoms with Crippen LogP contribution < -0.4 is 15.6 Å². The van der Waals surface area contributed by atoms with E-state index in [1.54, 1.807) is 41.1 Å². The van der Waals surface area contributed by atoms with E-state index in [4.69, 9.17) is 16.3 Å². The number of nitrogens with zero attached hydrogens (tertiary/aromatic N) is 5. The van der Waals surface area contributed by atoms with E-state index in [0.717, 1.165) is 5.56 Å². The highest BCUT2D eigenvalue weighted by atomic mass is 35.5. The monoisotopic (exact) mass is 490 g/mol. The zero-order valence-corrected chi connectivity index (χ0v) is 19.2. The Kier molecular flexibility index (Phi) is 6.40. The van der Waals surface area contributed by atoms with E-state index < -0.39 is 12.2 Å². The van der Waals surface area contributed by atoms with Crippen molar-refractivity contribution in [3.8, 4) is 11.6 Å². The van der Waals surface area contributed by atoms with Crippen LogP contribution in [0.2, 0.25) is 5.02 Å². The third-order valence-corrected chi connectivity index (χ3v) is 5.54. The van der Waals surface area contributed by atoms with E-state index in [9.17, 15) is 9.18 Å². The van der Waals surface area contributed by atoms with Crippen LogP contribution in [0.25, 0.3) is 11.2 Å². The second-order valence-corrected chi connectivity index (χ2v) is 8.11. The molecule has 0 aliphatic heterocycles. The number of imidazole rings is 1. The standard InChI is InChI=1S/C25H20ClFN6O2/c26-18-6-4-17(5-7-18)15-33-23-22(32(14-12-27)16-29-23)24(34)31-25(33)30-19-8-10-20(11-9-19)35-21-3-1-2-13-28-21/h1-11,13,16H,12,14-15H2,(H,30,31,34). The van der Waals surface area contributed by atoms with Crippen molar-refractivity contribution in [2.75, 3.05) is 12.0 Å². The molecule has 0 bridgehead atoms. The summed E-state index contributed by atoms with van der Waals surface area (Å²) < 4.78 is 22.0. The van der Waals surface area contributed by atoms with Crippen LogP contribution in [0.3, 0.4) is 0 Å². The van der Waals surface area contributed by atoms with Gasteiger partial charge in [0.15, 0.2) is 11.2 Å². The highest BCUT2D eigenvalue weighted by Crippen LogP contribution is 2.24. The normalized spacial score (nSPS) is 11.0. The van der Waals surface area contributed by atoms with Crippen molar-refractivity contribution in [2.24, 2.45) is 0 Å². The van der Waals surface area contributed by atoms with Crippen LogP contribution in [0.4, 0.5) is 16.0 Å². The first-order valence-corrected chi connectivity index (χ1v) is 11.2. The lowest BCUT2D eigenvalue weighted by Gasteiger charge is -2.15. The van der Waals surface area contributed by atoms with Gasteiger partial charge in [0.05, 0.1) is 19.4 Å². The average Bonchev–Trinajstić information content (AvgIpc) is 3.29. The number of aromatic nitrogens is 5. The molecule has 0 aliphatic carbocycles. The van der Waals surface area contributed by atoms with Crippen molar-refractivity contribution in [2.45, 2.75) is 13.1 Å². The number of anilines is 2. The van der Waals surface area contributed by atoms with E-state index in [-0.39, 0.29) is 12.1 Å². The Morgan fingerprint density at radius 3 is 2.51 bits per heavy atom. The van der Waals surface area contributed by atoms with E-state index in [1.807, 2.05) is 36.4 Å². The van der Waals surface area contributed by atoms with Crippen LogP contribution in [0, 0.1) is 0 Å². The van der Waals surface area contributed by atoms with Crippen molar-refractivity contribution >= 4 is 34.4 Å². The van der Waals surface area contributed by atoms with Gasteiger partial charge in [-0.15, -0.1) is 0 Å². The first kappa shape index (κ1) is 22.5. The molecule has 5 rings (SSSR count). The maximum atomic E-state index is 13.0. The summed E-state index contributed by atoms with van der Waals surface area (Å²) in [5.41, 5.74) is 1.80. The van der Waals surface area contributed by atoms with Gasteiger partial charge in [0.2, 0.25) is 11.8 Å². The molecule has 3 heterocycles. The van der Waals surface area contributed by atoms with Gasteiger partial charge in [-0.2, -0.15) is 4.98 Å². The zero-order chi connectivity index (χ0) is 24.2. The number of benzene rings is 2. The molecule has 35 heavy (non-hydrogen) atoms. The second kappa shape index (κ2) is 9.94. The number of rotatable bonds is 8. The lowest BCUT2D eigenvalue weighted by atomic mass is 10.2. The predicted molar refractivity (Wildman–Crippen MR) is 132 cm³/mol. The second-order valence-electron chi connectivity index (χ2n) is 7.67. The van der Waals surface area contributed by atoms with Gasteiger partial charge < -0.3 is 14.6 Å². The summed E-state index contributed by atoms with van der Waals surface area (Å²) in [6.45, 7) is -0.218. The largest absolute Gasteiger partial charge is 0.439 e. The molecule has 1 N–H and O–H groups in total. The molecule has 5 aromatic rings. The fourth-order valence-corrected chi connectivity index (χ4v) is 3.77.